The molecule has 1 aromatic heterocycles. The molecule has 2 unspecified atom stereocenters. The highest BCUT2D eigenvalue weighted by Crippen LogP contribution is 2.44. The van der Waals surface area contributed by atoms with E-state index in [1.165, 1.54) is 6.33 Å². The molecule has 0 radical (unpaired) electrons. The maximum absolute atomic E-state index is 13.1. The molecule has 140 valence electrons. The molecule has 0 saturated heterocycles. The van der Waals surface area contributed by atoms with Crippen LogP contribution < -0.4 is 0 Å². The zero-order valence-electron chi connectivity index (χ0n) is 14.1. The normalized spacial score (nSPS) is 21.0. The quantitative estimate of drug-likeness (QED) is 0.604. The van der Waals surface area contributed by atoms with Gasteiger partial charge in [-0.05, 0) is 35.9 Å². The molecule has 5 nitrogen and oxygen atoms in total. The number of hydrogen-bond donors (Lipinski definition) is 0. The molecule has 27 heavy (non-hydrogen) atoms. The summed E-state index contributed by atoms with van der Waals surface area (Å²) in [6, 6.07) is 12.2. The lowest BCUT2D eigenvalue weighted by Gasteiger charge is -2.32. The maximum atomic E-state index is 13.1. The van der Waals surface area contributed by atoms with Crippen molar-refractivity contribution in [2.75, 3.05) is 0 Å². The Bertz CT molecular complexity index is 1050. The Hall–Kier alpha value is -1.86. The van der Waals surface area contributed by atoms with Crippen molar-refractivity contribution in [2.24, 2.45) is 0 Å². The van der Waals surface area contributed by atoms with Crippen molar-refractivity contribution in [3.05, 3.63) is 82.4 Å². The summed E-state index contributed by atoms with van der Waals surface area (Å²) >= 11 is 12.0. The first kappa shape index (κ1) is 18.5. The van der Waals surface area contributed by atoms with E-state index in [4.69, 9.17) is 27.9 Å². The van der Waals surface area contributed by atoms with E-state index in [1.807, 2.05) is 12.1 Å². The van der Waals surface area contributed by atoms with Crippen LogP contribution in [-0.2, 0) is 21.2 Å². The second kappa shape index (κ2) is 7.28. The third-order valence-electron chi connectivity index (χ3n) is 4.62. The highest BCUT2D eigenvalue weighted by atomic mass is 35.5. The first-order valence-electron chi connectivity index (χ1n) is 8.32. The van der Waals surface area contributed by atoms with Crippen LogP contribution in [-0.4, -0.2) is 18.0 Å². The Labute approximate surface area is 167 Å². The number of halogens is 2. The van der Waals surface area contributed by atoms with Crippen LogP contribution in [0.5, 0.6) is 0 Å². The standard InChI is InChI=1S/C19H16Cl2N2O3S/c20-14-3-1-13(2-4-14)11-26-17-10-19(23-8-7-22-12-23)27(24,25)18-6-5-15(21)9-16(17)18/h1-9,12,17,19H,10-11H2. The summed E-state index contributed by atoms with van der Waals surface area (Å²) in [7, 11) is -3.58. The van der Waals surface area contributed by atoms with Gasteiger partial charge in [0.2, 0.25) is 0 Å². The topological polar surface area (TPSA) is 61.2 Å². The number of sulfone groups is 1. The largest absolute Gasteiger partial charge is 0.369 e. The molecule has 0 aliphatic carbocycles. The summed E-state index contributed by atoms with van der Waals surface area (Å²) in [4.78, 5) is 4.23. The number of benzene rings is 2. The van der Waals surface area contributed by atoms with Crippen molar-refractivity contribution in [1.29, 1.82) is 0 Å². The first-order chi connectivity index (χ1) is 12.9. The predicted molar refractivity (Wildman–Crippen MR) is 104 cm³/mol. The van der Waals surface area contributed by atoms with Gasteiger partial charge in [0.15, 0.2) is 9.84 Å². The van der Waals surface area contributed by atoms with E-state index >= 15 is 0 Å². The van der Waals surface area contributed by atoms with Gasteiger partial charge in [-0.1, -0.05) is 35.3 Å². The van der Waals surface area contributed by atoms with Gasteiger partial charge < -0.3 is 9.30 Å². The fourth-order valence-electron chi connectivity index (χ4n) is 3.27. The SMILES string of the molecule is O=S1(=O)c2ccc(Cl)cc2C(OCc2ccc(Cl)cc2)CC1n1ccnc1. The van der Waals surface area contributed by atoms with Crippen LogP contribution >= 0.6 is 23.2 Å². The number of fused-ring (bicyclic) bond motifs is 1. The molecule has 1 aliphatic rings. The summed E-state index contributed by atoms with van der Waals surface area (Å²) < 4.78 is 33.9. The van der Waals surface area contributed by atoms with Crippen molar-refractivity contribution in [1.82, 2.24) is 9.55 Å². The molecular weight excluding hydrogens is 407 g/mol. The lowest BCUT2D eigenvalue weighted by molar-refractivity contribution is 0.0256. The summed E-state index contributed by atoms with van der Waals surface area (Å²) in [5, 5.41) is 0.355. The van der Waals surface area contributed by atoms with Crippen LogP contribution in [0.3, 0.4) is 0 Å². The molecule has 4 rings (SSSR count). The van der Waals surface area contributed by atoms with Gasteiger partial charge in [-0.25, -0.2) is 13.4 Å². The summed E-state index contributed by atoms with van der Waals surface area (Å²) in [5.41, 5.74) is 1.54. The fraction of sp³-hybridized carbons (Fsp3) is 0.211. The predicted octanol–water partition coefficient (Wildman–Crippen LogP) is 4.82. The van der Waals surface area contributed by atoms with Crippen molar-refractivity contribution in [3.63, 3.8) is 0 Å². The zero-order valence-corrected chi connectivity index (χ0v) is 16.5. The Kier molecular flexibility index (Phi) is 4.99. The van der Waals surface area contributed by atoms with Gasteiger partial charge in [-0.3, -0.25) is 0 Å². The average molecular weight is 423 g/mol. The minimum absolute atomic E-state index is 0.248. The zero-order chi connectivity index (χ0) is 19.0. The van der Waals surface area contributed by atoms with Crippen LogP contribution in [0.1, 0.15) is 29.0 Å². The van der Waals surface area contributed by atoms with E-state index in [0.29, 0.717) is 22.2 Å². The van der Waals surface area contributed by atoms with Crippen LogP contribution in [0.2, 0.25) is 10.0 Å². The molecule has 2 aromatic carbocycles. The number of imidazole rings is 1. The lowest BCUT2D eigenvalue weighted by Crippen LogP contribution is -2.28. The highest BCUT2D eigenvalue weighted by molar-refractivity contribution is 7.91. The van der Waals surface area contributed by atoms with Crippen LogP contribution in [0.15, 0.2) is 66.1 Å². The van der Waals surface area contributed by atoms with E-state index in [-0.39, 0.29) is 11.3 Å². The van der Waals surface area contributed by atoms with Gasteiger partial charge in [-0.15, -0.1) is 0 Å². The third-order valence-corrected chi connectivity index (χ3v) is 7.25. The van der Waals surface area contributed by atoms with Crippen molar-refractivity contribution >= 4 is 33.0 Å². The molecule has 0 bridgehead atoms. The molecule has 1 aliphatic heterocycles. The molecule has 3 aromatic rings. The Balaban J connectivity index is 1.70. The van der Waals surface area contributed by atoms with Gasteiger partial charge in [0, 0.05) is 34.4 Å². The molecule has 8 heteroatoms. The monoisotopic (exact) mass is 422 g/mol. The molecule has 0 N–H and O–H groups in total. The van der Waals surface area contributed by atoms with Gasteiger partial charge >= 0.3 is 0 Å². The average Bonchev–Trinajstić information content (AvgIpc) is 3.16. The fourth-order valence-corrected chi connectivity index (χ4v) is 5.52. The van der Waals surface area contributed by atoms with E-state index in [0.717, 1.165) is 5.56 Å². The number of nitrogens with zero attached hydrogens (tertiary/aromatic N) is 2. The van der Waals surface area contributed by atoms with Crippen molar-refractivity contribution in [2.45, 2.75) is 29.4 Å². The van der Waals surface area contributed by atoms with Gasteiger partial charge in [-0.2, -0.15) is 0 Å². The van der Waals surface area contributed by atoms with Gasteiger partial charge in [0.1, 0.15) is 5.37 Å². The molecule has 0 fully saturated rings. The molecular formula is C19H16Cl2N2O3S. The number of rotatable bonds is 4. The highest BCUT2D eigenvalue weighted by Gasteiger charge is 2.40. The summed E-state index contributed by atoms with van der Waals surface area (Å²) in [5.74, 6) is 0. The van der Waals surface area contributed by atoms with Gasteiger partial charge in [0.25, 0.3) is 0 Å². The number of hydrogen-bond acceptors (Lipinski definition) is 4. The second-order valence-corrected chi connectivity index (χ2v) is 9.30. The lowest BCUT2D eigenvalue weighted by atomic mass is 10.1. The van der Waals surface area contributed by atoms with Crippen LogP contribution in [0, 0.1) is 0 Å². The molecule has 0 saturated carbocycles. The molecule has 0 spiro atoms. The summed E-state index contributed by atoms with van der Waals surface area (Å²) in [6.45, 7) is 0.338. The Morgan fingerprint density at radius 3 is 2.56 bits per heavy atom. The molecule has 2 heterocycles. The number of aromatic nitrogens is 2. The molecule has 0 amide bonds. The first-order valence-corrected chi connectivity index (χ1v) is 10.6. The van der Waals surface area contributed by atoms with Crippen molar-refractivity contribution in [3.8, 4) is 0 Å². The Morgan fingerprint density at radius 2 is 1.85 bits per heavy atom. The minimum atomic E-state index is -3.58. The van der Waals surface area contributed by atoms with Crippen molar-refractivity contribution < 1.29 is 13.2 Å². The van der Waals surface area contributed by atoms with E-state index in [1.54, 1.807) is 47.3 Å². The number of ether oxygens (including phenoxy) is 1. The van der Waals surface area contributed by atoms with E-state index in [9.17, 15) is 8.42 Å². The van der Waals surface area contributed by atoms with E-state index in [2.05, 4.69) is 4.98 Å². The van der Waals surface area contributed by atoms with E-state index < -0.39 is 21.3 Å². The van der Waals surface area contributed by atoms with Crippen LogP contribution in [0.25, 0.3) is 0 Å². The summed E-state index contributed by atoms with van der Waals surface area (Å²) in [6.07, 6.45) is 4.60. The third kappa shape index (κ3) is 3.62. The van der Waals surface area contributed by atoms with Crippen LogP contribution in [0.4, 0.5) is 0 Å². The smallest absolute Gasteiger partial charge is 0.200 e. The maximum Gasteiger partial charge on any atom is 0.200 e. The second-order valence-electron chi connectivity index (χ2n) is 6.35. The molecule has 2 atom stereocenters. The van der Waals surface area contributed by atoms with Gasteiger partial charge in [0.05, 0.1) is 23.9 Å². The Morgan fingerprint density at radius 1 is 1.11 bits per heavy atom. The minimum Gasteiger partial charge on any atom is -0.369 e.